The molecule has 1 aromatic rings. The van der Waals surface area contributed by atoms with Crippen molar-refractivity contribution in [1.82, 2.24) is 0 Å². The van der Waals surface area contributed by atoms with Gasteiger partial charge in [0.2, 0.25) is 5.91 Å². The molecule has 1 heterocycles. The topological polar surface area (TPSA) is 20.3 Å². The van der Waals surface area contributed by atoms with E-state index in [0.717, 1.165) is 12.1 Å². The van der Waals surface area contributed by atoms with Crippen LogP contribution in [0.4, 0.5) is 5.69 Å². The van der Waals surface area contributed by atoms with E-state index in [9.17, 15) is 4.79 Å². The molecule has 0 radical (unpaired) electrons. The first-order chi connectivity index (χ1) is 7.89. The first kappa shape index (κ1) is 12.2. The molecule has 1 unspecified atom stereocenters. The average Bonchev–Trinajstić information content (AvgIpc) is 2.58. The van der Waals surface area contributed by atoms with E-state index in [2.05, 4.69) is 52.0 Å². The molecule has 1 saturated heterocycles. The minimum atomic E-state index is 0.166. The summed E-state index contributed by atoms with van der Waals surface area (Å²) in [6, 6.07) is 8.74. The summed E-state index contributed by atoms with van der Waals surface area (Å²) in [6.07, 6.45) is 1.65. The molecular weight excluding hydrogens is 210 g/mol. The molecule has 0 bridgehead atoms. The predicted molar refractivity (Wildman–Crippen MR) is 71.3 cm³/mol. The Morgan fingerprint density at radius 3 is 2.18 bits per heavy atom. The molecule has 1 atom stereocenters. The molecular formula is C15H21NO. The Kier molecular flexibility index (Phi) is 2.98. The number of amides is 1. The second-order valence-electron chi connectivity index (χ2n) is 5.95. The van der Waals surface area contributed by atoms with E-state index in [1.165, 1.54) is 5.56 Å². The number of benzene rings is 1. The largest absolute Gasteiger partial charge is 0.310 e. The SMILES string of the molecule is CC1CCC(=O)N1c1ccc(C(C)(C)C)cc1. The van der Waals surface area contributed by atoms with Gasteiger partial charge in [-0.15, -0.1) is 0 Å². The highest BCUT2D eigenvalue weighted by Gasteiger charge is 2.28. The van der Waals surface area contributed by atoms with E-state index in [-0.39, 0.29) is 11.3 Å². The molecule has 1 aliphatic heterocycles. The maximum atomic E-state index is 11.8. The fourth-order valence-corrected chi connectivity index (χ4v) is 2.35. The Bertz CT molecular complexity index is 414. The third-order valence-electron chi connectivity index (χ3n) is 3.50. The summed E-state index contributed by atoms with van der Waals surface area (Å²) in [7, 11) is 0. The van der Waals surface area contributed by atoms with Crippen LogP contribution in [0, 0.1) is 0 Å². The van der Waals surface area contributed by atoms with E-state index in [1.807, 2.05) is 4.90 Å². The monoisotopic (exact) mass is 231 g/mol. The quantitative estimate of drug-likeness (QED) is 0.724. The second-order valence-corrected chi connectivity index (χ2v) is 5.95. The predicted octanol–water partition coefficient (Wildman–Crippen LogP) is 3.50. The summed E-state index contributed by atoms with van der Waals surface area (Å²) in [5, 5.41) is 0. The van der Waals surface area contributed by atoms with Gasteiger partial charge in [0.05, 0.1) is 0 Å². The van der Waals surface area contributed by atoms with Crippen LogP contribution in [0.1, 0.15) is 46.1 Å². The van der Waals surface area contributed by atoms with Gasteiger partial charge in [-0.25, -0.2) is 0 Å². The van der Waals surface area contributed by atoms with Crippen LogP contribution in [-0.4, -0.2) is 11.9 Å². The van der Waals surface area contributed by atoms with Crippen molar-refractivity contribution in [2.75, 3.05) is 4.90 Å². The van der Waals surface area contributed by atoms with Crippen molar-refractivity contribution >= 4 is 11.6 Å². The molecule has 1 aliphatic rings. The van der Waals surface area contributed by atoms with Gasteiger partial charge in [0.15, 0.2) is 0 Å². The van der Waals surface area contributed by atoms with Crippen molar-refractivity contribution in [3.05, 3.63) is 29.8 Å². The van der Waals surface area contributed by atoms with Gasteiger partial charge in [-0.05, 0) is 36.5 Å². The molecule has 17 heavy (non-hydrogen) atoms. The van der Waals surface area contributed by atoms with E-state index in [0.29, 0.717) is 12.5 Å². The highest BCUT2D eigenvalue weighted by Crippen LogP contribution is 2.29. The number of hydrogen-bond donors (Lipinski definition) is 0. The van der Waals surface area contributed by atoms with Crippen LogP contribution in [0.25, 0.3) is 0 Å². The van der Waals surface area contributed by atoms with Crippen LogP contribution in [0.5, 0.6) is 0 Å². The minimum absolute atomic E-state index is 0.166. The Balaban J connectivity index is 2.27. The first-order valence-corrected chi connectivity index (χ1v) is 6.32. The molecule has 0 spiro atoms. The average molecular weight is 231 g/mol. The summed E-state index contributed by atoms with van der Waals surface area (Å²) in [6.45, 7) is 8.71. The number of carbonyl (C=O) groups is 1. The summed E-state index contributed by atoms with van der Waals surface area (Å²) in [5.41, 5.74) is 2.51. The molecule has 92 valence electrons. The zero-order valence-electron chi connectivity index (χ0n) is 11.2. The summed E-state index contributed by atoms with van der Waals surface area (Å²) < 4.78 is 0. The summed E-state index contributed by atoms with van der Waals surface area (Å²) in [5.74, 6) is 0.251. The van der Waals surface area contributed by atoms with Gasteiger partial charge in [-0.2, -0.15) is 0 Å². The molecule has 0 aromatic heterocycles. The second kappa shape index (κ2) is 4.17. The van der Waals surface area contributed by atoms with Crippen LogP contribution < -0.4 is 4.90 Å². The third kappa shape index (κ3) is 2.36. The summed E-state index contributed by atoms with van der Waals surface area (Å²) in [4.78, 5) is 13.7. The lowest BCUT2D eigenvalue weighted by Gasteiger charge is -2.24. The first-order valence-electron chi connectivity index (χ1n) is 6.32. The van der Waals surface area contributed by atoms with Crippen molar-refractivity contribution < 1.29 is 4.79 Å². The zero-order chi connectivity index (χ0) is 12.6. The number of nitrogens with zero attached hydrogens (tertiary/aromatic N) is 1. The Hall–Kier alpha value is -1.31. The van der Waals surface area contributed by atoms with Gasteiger partial charge in [0, 0.05) is 18.2 Å². The lowest BCUT2D eigenvalue weighted by Crippen LogP contribution is -2.30. The smallest absolute Gasteiger partial charge is 0.227 e. The van der Waals surface area contributed by atoms with Gasteiger partial charge >= 0.3 is 0 Å². The van der Waals surface area contributed by atoms with Crippen molar-refractivity contribution in [2.45, 2.75) is 52.0 Å². The molecule has 0 aliphatic carbocycles. The van der Waals surface area contributed by atoms with Gasteiger partial charge in [-0.3, -0.25) is 4.79 Å². The maximum absolute atomic E-state index is 11.8. The van der Waals surface area contributed by atoms with E-state index in [4.69, 9.17) is 0 Å². The molecule has 1 amide bonds. The molecule has 2 heteroatoms. The van der Waals surface area contributed by atoms with Gasteiger partial charge < -0.3 is 4.90 Å². The third-order valence-corrected chi connectivity index (χ3v) is 3.50. The van der Waals surface area contributed by atoms with E-state index >= 15 is 0 Å². The van der Waals surface area contributed by atoms with Crippen LogP contribution >= 0.6 is 0 Å². The number of hydrogen-bond acceptors (Lipinski definition) is 1. The highest BCUT2D eigenvalue weighted by atomic mass is 16.2. The normalized spacial score (nSPS) is 21.1. The van der Waals surface area contributed by atoms with Crippen molar-refractivity contribution in [2.24, 2.45) is 0 Å². The number of anilines is 1. The van der Waals surface area contributed by atoms with Gasteiger partial charge in [0.25, 0.3) is 0 Å². The van der Waals surface area contributed by atoms with Crippen LogP contribution in [0.3, 0.4) is 0 Å². The molecule has 1 aromatic carbocycles. The highest BCUT2D eigenvalue weighted by molar-refractivity contribution is 5.96. The van der Waals surface area contributed by atoms with E-state index in [1.54, 1.807) is 0 Å². The molecule has 0 saturated carbocycles. The Morgan fingerprint density at radius 2 is 1.76 bits per heavy atom. The minimum Gasteiger partial charge on any atom is -0.310 e. The summed E-state index contributed by atoms with van der Waals surface area (Å²) >= 11 is 0. The Morgan fingerprint density at radius 1 is 1.18 bits per heavy atom. The van der Waals surface area contributed by atoms with Crippen molar-refractivity contribution in [3.8, 4) is 0 Å². The lowest BCUT2D eigenvalue weighted by atomic mass is 9.87. The molecule has 2 rings (SSSR count). The number of rotatable bonds is 1. The fraction of sp³-hybridized carbons (Fsp3) is 0.533. The van der Waals surface area contributed by atoms with Gasteiger partial charge in [-0.1, -0.05) is 32.9 Å². The lowest BCUT2D eigenvalue weighted by molar-refractivity contribution is -0.117. The van der Waals surface area contributed by atoms with Crippen molar-refractivity contribution in [3.63, 3.8) is 0 Å². The van der Waals surface area contributed by atoms with Crippen molar-refractivity contribution in [1.29, 1.82) is 0 Å². The van der Waals surface area contributed by atoms with Crippen LogP contribution in [-0.2, 0) is 10.2 Å². The van der Waals surface area contributed by atoms with Gasteiger partial charge in [0.1, 0.15) is 0 Å². The Labute approximate surface area is 104 Å². The van der Waals surface area contributed by atoms with E-state index < -0.39 is 0 Å². The number of carbonyl (C=O) groups excluding carboxylic acids is 1. The fourth-order valence-electron chi connectivity index (χ4n) is 2.35. The standard InChI is InChI=1S/C15H21NO/c1-11-5-10-14(17)16(11)13-8-6-12(7-9-13)15(2,3)4/h6-9,11H,5,10H2,1-4H3. The van der Waals surface area contributed by atoms with Crippen LogP contribution in [0.2, 0.25) is 0 Å². The molecule has 0 N–H and O–H groups in total. The maximum Gasteiger partial charge on any atom is 0.227 e. The molecule has 1 fully saturated rings. The zero-order valence-corrected chi connectivity index (χ0v) is 11.2. The molecule has 2 nitrogen and oxygen atoms in total. The van der Waals surface area contributed by atoms with Crippen LogP contribution in [0.15, 0.2) is 24.3 Å².